The molecule has 3 N–H and O–H groups in total. The van der Waals surface area contributed by atoms with E-state index < -0.39 is 11.7 Å². The second kappa shape index (κ2) is 13.0. The first-order chi connectivity index (χ1) is 16.3. The lowest BCUT2D eigenvalue weighted by Crippen LogP contribution is -2.21. The average Bonchev–Trinajstić information content (AvgIpc) is 2.84. The Morgan fingerprint density at radius 3 is 2.44 bits per heavy atom. The van der Waals surface area contributed by atoms with Crippen LogP contribution in [0.3, 0.4) is 0 Å². The summed E-state index contributed by atoms with van der Waals surface area (Å²) in [6.45, 7) is 5.53. The van der Waals surface area contributed by atoms with Crippen LogP contribution in [0.5, 0.6) is 5.75 Å². The van der Waals surface area contributed by atoms with Gasteiger partial charge in [0.1, 0.15) is 5.75 Å². The second-order valence-corrected chi connectivity index (χ2v) is 8.32. The zero-order valence-electron chi connectivity index (χ0n) is 18.8. The van der Waals surface area contributed by atoms with Crippen molar-refractivity contribution in [3.8, 4) is 11.8 Å². The summed E-state index contributed by atoms with van der Waals surface area (Å²) in [5.41, 5.74) is 2.09. The van der Waals surface area contributed by atoms with Gasteiger partial charge >= 0.3 is 0 Å². The number of aryl methyl sites for hydroxylation is 1. The molecule has 0 spiro atoms. The number of nitrogens with one attached hydrogen (secondary N) is 1. The fourth-order valence-corrected chi connectivity index (χ4v) is 3.72. The first-order valence-electron chi connectivity index (χ1n) is 10.3. The quantitative estimate of drug-likeness (QED) is 0.278. The number of nitriles is 1. The molecule has 0 aliphatic carbocycles. The molecule has 0 radical (unpaired) electrons. The summed E-state index contributed by atoms with van der Waals surface area (Å²) in [6, 6.07) is 16.2. The van der Waals surface area contributed by atoms with Crippen molar-refractivity contribution in [1.82, 2.24) is 0 Å². The lowest BCUT2D eigenvalue weighted by Gasteiger charge is -2.13. The van der Waals surface area contributed by atoms with Crippen molar-refractivity contribution in [2.75, 3.05) is 11.9 Å². The number of ketones is 1. The summed E-state index contributed by atoms with van der Waals surface area (Å²) >= 11 is 13.2. The number of ether oxygens (including phenoxy) is 1. The number of amides is 1. The van der Waals surface area contributed by atoms with E-state index in [9.17, 15) is 9.59 Å². The molecular formula is C25H23Cl2N3O3S. The van der Waals surface area contributed by atoms with Crippen molar-refractivity contribution >= 4 is 52.5 Å². The summed E-state index contributed by atoms with van der Waals surface area (Å²) in [5.74, 6) is -0.656. The molecule has 3 aromatic rings. The molecule has 0 bridgehead atoms. The standard InChI is InChI=1S/C23H17Cl2N3O3S.C2H6/c1-13-6-18(32-27)3-4-20(13)28-22(29)12-31-21-5-2-16(24)10-19(21)23(30)15-7-14(11-26)8-17(25)9-15;1-2/h2-10H,12,27H2,1H3,(H,28,29);1-2H3. The monoisotopic (exact) mass is 515 g/mol. The molecule has 0 saturated heterocycles. The molecule has 3 rings (SSSR count). The highest BCUT2D eigenvalue weighted by atomic mass is 35.5. The Morgan fingerprint density at radius 1 is 1.06 bits per heavy atom. The van der Waals surface area contributed by atoms with Crippen LogP contribution in [0.15, 0.2) is 59.5 Å². The van der Waals surface area contributed by atoms with Gasteiger partial charge in [-0.05, 0) is 79.0 Å². The molecule has 0 aliphatic rings. The van der Waals surface area contributed by atoms with E-state index >= 15 is 0 Å². The third-order valence-corrected chi connectivity index (χ3v) is 5.42. The zero-order chi connectivity index (χ0) is 25.3. The van der Waals surface area contributed by atoms with E-state index in [4.69, 9.17) is 38.3 Å². The van der Waals surface area contributed by atoms with Gasteiger partial charge in [-0.25, -0.2) is 0 Å². The lowest BCUT2D eigenvalue weighted by atomic mass is 10.0. The van der Waals surface area contributed by atoms with Gasteiger partial charge in [0.15, 0.2) is 12.4 Å². The lowest BCUT2D eigenvalue weighted by molar-refractivity contribution is -0.118. The predicted octanol–water partition coefficient (Wildman–Crippen LogP) is 6.41. The number of hydrogen-bond donors (Lipinski definition) is 2. The maximum absolute atomic E-state index is 13.1. The third-order valence-electron chi connectivity index (χ3n) is 4.44. The van der Waals surface area contributed by atoms with E-state index in [1.165, 1.54) is 30.3 Å². The highest BCUT2D eigenvalue weighted by Gasteiger charge is 2.18. The number of hydrogen-bond acceptors (Lipinski definition) is 6. The topological polar surface area (TPSA) is 105 Å². The van der Waals surface area contributed by atoms with Crippen LogP contribution in [-0.2, 0) is 4.79 Å². The fraction of sp³-hybridized carbons (Fsp3) is 0.160. The van der Waals surface area contributed by atoms with Gasteiger partial charge < -0.3 is 10.1 Å². The minimum Gasteiger partial charge on any atom is -0.483 e. The predicted molar refractivity (Wildman–Crippen MR) is 138 cm³/mol. The molecule has 34 heavy (non-hydrogen) atoms. The van der Waals surface area contributed by atoms with Crippen molar-refractivity contribution in [3.63, 3.8) is 0 Å². The van der Waals surface area contributed by atoms with Crippen molar-refractivity contribution in [2.24, 2.45) is 5.14 Å². The summed E-state index contributed by atoms with van der Waals surface area (Å²) in [6.07, 6.45) is 0. The summed E-state index contributed by atoms with van der Waals surface area (Å²) < 4.78 is 5.63. The van der Waals surface area contributed by atoms with E-state index in [0.29, 0.717) is 10.7 Å². The molecule has 3 aromatic carbocycles. The normalized spacial score (nSPS) is 9.91. The van der Waals surface area contributed by atoms with Crippen LogP contribution in [0.4, 0.5) is 5.69 Å². The highest BCUT2D eigenvalue weighted by molar-refractivity contribution is 7.97. The van der Waals surface area contributed by atoms with E-state index in [1.54, 1.807) is 18.2 Å². The molecule has 0 aliphatic heterocycles. The smallest absolute Gasteiger partial charge is 0.262 e. The van der Waals surface area contributed by atoms with Gasteiger partial charge in [-0.1, -0.05) is 37.0 Å². The van der Waals surface area contributed by atoms with Crippen LogP contribution in [0.1, 0.15) is 40.9 Å². The maximum Gasteiger partial charge on any atom is 0.262 e. The largest absolute Gasteiger partial charge is 0.483 e. The van der Waals surface area contributed by atoms with Crippen LogP contribution in [0.2, 0.25) is 10.0 Å². The van der Waals surface area contributed by atoms with Crippen LogP contribution in [0.25, 0.3) is 0 Å². The van der Waals surface area contributed by atoms with Gasteiger partial charge in [-0.3, -0.25) is 14.7 Å². The summed E-state index contributed by atoms with van der Waals surface area (Å²) in [5, 5.41) is 18.0. The Balaban J connectivity index is 0.00000199. The van der Waals surface area contributed by atoms with Gasteiger partial charge in [0.2, 0.25) is 0 Å². The number of nitrogens with two attached hydrogens (primary N) is 1. The van der Waals surface area contributed by atoms with E-state index in [1.807, 2.05) is 32.9 Å². The number of carbonyl (C=O) groups is 2. The minimum atomic E-state index is -0.437. The first kappa shape index (κ1) is 27.2. The van der Waals surface area contributed by atoms with Crippen LogP contribution in [0, 0.1) is 18.3 Å². The maximum atomic E-state index is 13.1. The Kier molecular flexibility index (Phi) is 10.4. The van der Waals surface area contributed by atoms with Crippen LogP contribution >= 0.6 is 35.1 Å². The van der Waals surface area contributed by atoms with Gasteiger partial charge in [0.25, 0.3) is 5.91 Å². The van der Waals surface area contributed by atoms with Gasteiger partial charge in [-0.2, -0.15) is 5.26 Å². The molecule has 1 amide bonds. The number of carbonyl (C=O) groups excluding carboxylic acids is 2. The molecule has 0 heterocycles. The van der Waals surface area contributed by atoms with E-state index in [0.717, 1.165) is 22.4 Å². The van der Waals surface area contributed by atoms with Crippen molar-refractivity contribution in [1.29, 1.82) is 5.26 Å². The fourth-order valence-electron chi connectivity index (χ4n) is 2.93. The number of anilines is 1. The van der Waals surface area contributed by atoms with Crippen molar-refractivity contribution < 1.29 is 14.3 Å². The number of rotatable bonds is 7. The number of nitrogens with zero attached hydrogens (tertiary/aromatic N) is 1. The van der Waals surface area contributed by atoms with Gasteiger partial charge in [0.05, 0.1) is 17.2 Å². The zero-order valence-corrected chi connectivity index (χ0v) is 21.1. The van der Waals surface area contributed by atoms with Crippen molar-refractivity contribution in [3.05, 3.63) is 86.9 Å². The highest BCUT2D eigenvalue weighted by Crippen LogP contribution is 2.27. The van der Waals surface area contributed by atoms with Crippen molar-refractivity contribution in [2.45, 2.75) is 25.7 Å². The Labute approximate surface area is 213 Å². The van der Waals surface area contributed by atoms with E-state index in [-0.39, 0.29) is 34.1 Å². The third kappa shape index (κ3) is 7.24. The number of halogens is 2. The summed E-state index contributed by atoms with van der Waals surface area (Å²) in [7, 11) is 0. The van der Waals surface area contributed by atoms with Crippen LogP contribution < -0.4 is 15.2 Å². The number of benzene rings is 3. The molecular weight excluding hydrogens is 493 g/mol. The van der Waals surface area contributed by atoms with Crippen LogP contribution in [-0.4, -0.2) is 18.3 Å². The molecule has 0 fully saturated rings. The first-order valence-corrected chi connectivity index (χ1v) is 11.9. The average molecular weight is 516 g/mol. The molecule has 0 saturated carbocycles. The Morgan fingerprint density at radius 2 is 1.79 bits per heavy atom. The summed E-state index contributed by atoms with van der Waals surface area (Å²) in [4.78, 5) is 26.3. The second-order valence-electron chi connectivity index (χ2n) is 6.74. The van der Waals surface area contributed by atoms with Gasteiger partial charge in [0, 0.05) is 26.2 Å². The molecule has 0 unspecified atom stereocenters. The molecule has 176 valence electrons. The molecule has 6 nitrogen and oxygen atoms in total. The Hall–Kier alpha value is -3.02. The molecule has 9 heteroatoms. The van der Waals surface area contributed by atoms with E-state index in [2.05, 4.69) is 5.32 Å². The minimum absolute atomic E-state index is 0.150. The van der Waals surface area contributed by atoms with Gasteiger partial charge in [-0.15, -0.1) is 0 Å². The Bertz CT molecular complexity index is 1240. The molecule has 0 atom stereocenters. The molecule has 0 aromatic heterocycles. The SMILES string of the molecule is CC.Cc1cc(SN)ccc1NC(=O)COc1ccc(Cl)cc1C(=O)c1cc(Cl)cc(C#N)c1.